The molecule has 19 heavy (non-hydrogen) atoms. The molecule has 1 N–H and O–H groups in total. The minimum atomic E-state index is -3.55. The molecule has 0 radical (unpaired) electrons. The van der Waals surface area contributed by atoms with Gasteiger partial charge in [0.15, 0.2) is 0 Å². The fraction of sp³-hybridized carbons (Fsp3) is 0.167. The zero-order valence-electron chi connectivity index (χ0n) is 10.2. The third-order valence-electron chi connectivity index (χ3n) is 2.33. The molecule has 2 aromatic rings. The number of carbonyl (C=O) groups is 1. The number of hydrogen-bond donors (Lipinski definition) is 1. The highest BCUT2D eigenvalue weighted by atomic mass is 32.2. The largest absolute Gasteiger partial charge is 0.361 e. The summed E-state index contributed by atoms with van der Waals surface area (Å²) in [5.74, 6) is 0.292. The zero-order valence-corrected chi connectivity index (χ0v) is 11.0. The molecular formula is C12H12N2O4S. The van der Waals surface area contributed by atoms with Crippen LogP contribution in [0.4, 0.5) is 5.69 Å². The Morgan fingerprint density at radius 3 is 2.53 bits per heavy atom. The topological polar surface area (TPSA) is 89.3 Å². The lowest BCUT2D eigenvalue weighted by Crippen LogP contribution is -2.15. The normalized spacial score (nSPS) is 11.2. The van der Waals surface area contributed by atoms with E-state index in [9.17, 15) is 13.2 Å². The highest BCUT2D eigenvalue weighted by Crippen LogP contribution is 2.13. The van der Waals surface area contributed by atoms with Gasteiger partial charge in [0.25, 0.3) is 0 Å². The minimum absolute atomic E-state index is 0.264. The highest BCUT2D eigenvalue weighted by molar-refractivity contribution is 7.91. The molecule has 2 rings (SSSR count). The molecule has 0 spiro atoms. The molecule has 0 aliphatic heterocycles. The number of aromatic nitrogens is 1. The Kier molecular flexibility index (Phi) is 3.66. The van der Waals surface area contributed by atoms with E-state index in [1.54, 1.807) is 13.0 Å². The van der Waals surface area contributed by atoms with Crippen molar-refractivity contribution in [2.75, 3.05) is 4.72 Å². The van der Waals surface area contributed by atoms with Crippen molar-refractivity contribution in [1.29, 1.82) is 0 Å². The first-order valence-corrected chi connectivity index (χ1v) is 7.12. The number of aldehydes is 1. The molecule has 6 nitrogen and oxygen atoms in total. The predicted molar refractivity (Wildman–Crippen MR) is 69.3 cm³/mol. The Hall–Kier alpha value is -2.15. The van der Waals surface area contributed by atoms with Crippen LogP contribution in [-0.2, 0) is 15.8 Å². The van der Waals surface area contributed by atoms with Crippen LogP contribution < -0.4 is 4.72 Å². The molecule has 100 valence electrons. The molecule has 0 aliphatic carbocycles. The minimum Gasteiger partial charge on any atom is -0.361 e. The van der Waals surface area contributed by atoms with Crippen LogP contribution in [0.3, 0.4) is 0 Å². The summed E-state index contributed by atoms with van der Waals surface area (Å²) in [7, 11) is -3.55. The van der Waals surface area contributed by atoms with Crippen molar-refractivity contribution in [2.24, 2.45) is 0 Å². The van der Waals surface area contributed by atoms with Gasteiger partial charge >= 0.3 is 0 Å². The van der Waals surface area contributed by atoms with E-state index in [-0.39, 0.29) is 5.75 Å². The van der Waals surface area contributed by atoms with Gasteiger partial charge in [-0.3, -0.25) is 9.52 Å². The lowest BCUT2D eigenvalue weighted by molar-refractivity contribution is 0.112. The van der Waals surface area contributed by atoms with E-state index in [4.69, 9.17) is 4.52 Å². The zero-order chi connectivity index (χ0) is 13.9. The Balaban J connectivity index is 2.09. The number of anilines is 1. The second kappa shape index (κ2) is 5.23. The number of aryl methyl sites for hydroxylation is 1. The lowest BCUT2D eigenvalue weighted by Gasteiger charge is -2.06. The van der Waals surface area contributed by atoms with Crippen LogP contribution in [0.5, 0.6) is 0 Å². The van der Waals surface area contributed by atoms with Gasteiger partial charge < -0.3 is 4.52 Å². The molecule has 1 aromatic heterocycles. The van der Waals surface area contributed by atoms with Crippen molar-refractivity contribution in [1.82, 2.24) is 5.16 Å². The van der Waals surface area contributed by atoms with Gasteiger partial charge in [-0.1, -0.05) is 5.16 Å². The maximum absolute atomic E-state index is 11.9. The summed E-state index contributed by atoms with van der Waals surface area (Å²) >= 11 is 0. The highest BCUT2D eigenvalue weighted by Gasteiger charge is 2.14. The smallest absolute Gasteiger partial charge is 0.238 e. The molecule has 0 aliphatic rings. The predicted octanol–water partition coefficient (Wildman–Crippen LogP) is 1.74. The molecule has 0 atom stereocenters. The standard InChI is InChI=1S/C12H12N2O4S/c1-9-6-12(13-18-9)8-19(16,17)14-11-4-2-10(7-15)3-5-11/h2-7,14H,8H2,1H3. The average molecular weight is 280 g/mol. The lowest BCUT2D eigenvalue weighted by atomic mass is 10.2. The summed E-state index contributed by atoms with van der Waals surface area (Å²) < 4.78 is 31.0. The molecule has 1 aromatic carbocycles. The number of hydrogen-bond acceptors (Lipinski definition) is 5. The Bertz CT molecular complexity index is 674. The maximum Gasteiger partial charge on any atom is 0.238 e. The SMILES string of the molecule is Cc1cc(CS(=O)(=O)Nc2ccc(C=O)cc2)no1. The molecule has 0 bridgehead atoms. The fourth-order valence-electron chi connectivity index (χ4n) is 1.53. The van der Waals surface area contributed by atoms with E-state index in [0.717, 1.165) is 0 Å². The van der Waals surface area contributed by atoms with Crippen LogP contribution in [0.1, 0.15) is 21.8 Å². The van der Waals surface area contributed by atoms with Crippen LogP contribution in [-0.4, -0.2) is 19.9 Å². The van der Waals surface area contributed by atoms with Crippen molar-refractivity contribution in [2.45, 2.75) is 12.7 Å². The summed E-state index contributed by atoms with van der Waals surface area (Å²) in [6.07, 6.45) is 0.691. The van der Waals surface area contributed by atoms with Crippen molar-refractivity contribution >= 4 is 22.0 Å². The Morgan fingerprint density at radius 1 is 1.32 bits per heavy atom. The second-order valence-electron chi connectivity index (χ2n) is 4.03. The molecule has 0 unspecified atom stereocenters. The van der Waals surface area contributed by atoms with Crippen molar-refractivity contribution < 1.29 is 17.7 Å². The number of nitrogens with zero attached hydrogens (tertiary/aromatic N) is 1. The molecule has 1 heterocycles. The van der Waals surface area contributed by atoms with Crippen LogP contribution in [0.15, 0.2) is 34.9 Å². The van der Waals surface area contributed by atoms with Gasteiger partial charge in [-0.2, -0.15) is 0 Å². The van der Waals surface area contributed by atoms with Crippen molar-refractivity contribution in [3.05, 3.63) is 47.3 Å². The maximum atomic E-state index is 11.9. The number of rotatable bonds is 5. The van der Waals surface area contributed by atoms with Crippen molar-refractivity contribution in [3.63, 3.8) is 0 Å². The molecule has 7 heteroatoms. The fourth-order valence-corrected chi connectivity index (χ4v) is 2.62. The van der Waals surface area contributed by atoms with E-state index >= 15 is 0 Å². The molecule has 0 fully saturated rings. The summed E-state index contributed by atoms with van der Waals surface area (Å²) in [5.41, 5.74) is 1.22. The van der Waals surface area contributed by atoms with Crippen LogP contribution in [0.2, 0.25) is 0 Å². The van der Waals surface area contributed by atoms with E-state index in [1.165, 1.54) is 24.3 Å². The van der Waals surface area contributed by atoms with Gasteiger partial charge in [-0.15, -0.1) is 0 Å². The number of nitrogens with one attached hydrogen (secondary N) is 1. The van der Waals surface area contributed by atoms with Gasteiger partial charge in [-0.05, 0) is 31.2 Å². The molecule has 0 amide bonds. The van der Waals surface area contributed by atoms with Crippen molar-refractivity contribution in [3.8, 4) is 0 Å². The van der Waals surface area contributed by atoms with Gasteiger partial charge in [0.1, 0.15) is 23.5 Å². The quantitative estimate of drug-likeness (QED) is 0.842. The first-order chi connectivity index (χ1) is 8.98. The summed E-state index contributed by atoms with van der Waals surface area (Å²) in [6, 6.07) is 7.68. The number of benzene rings is 1. The van der Waals surface area contributed by atoms with E-state index < -0.39 is 10.0 Å². The first-order valence-electron chi connectivity index (χ1n) is 5.46. The van der Waals surface area contributed by atoms with Gasteiger partial charge in [0.2, 0.25) is 10.0 Å². The Morgan fingerprint density at radius 2 is 2.00 bits per heavy atom. The third kappa shape index (κ3) is 3.65. The third-order valence-corrected chi connectivity index (χ3v) is 3.56. The number of sulfonamides is 1. The monoisotopic (exact) mass is 280 g/mol. The number of carbonyl (C=O) groups excluding carboxylic acids is 1. The molecule has 0 saturated heterocycles. The van der Waals surface area contributed by atoms with Crippen LogP contribution in [0, 0.1) is 6.92 Å². The van der Waals surface area contributed by atoms with Crippen LogP contribution in [0.25, 0.3) is 0 Å². The second-order valence-corrected chi connectivity index (χ2v) is 5.75. The van der Waals surface area contributed by atoms with Crippen LogP contribution >= 0.6 is 0 Å². The molecular weight excluding hydrogens is 268 g/mol. The Labute approximate surface area is 110 Å². The first kappa shape index (κ1) is 13.3. The van der Waals surface area contributed by atoms with E-state index in [0.29, 0.717) is 29.0 Å². The van der Waals surface area contributed by atoms with E-state index in [2.05, 4.69) is 9.88 Å². The van der Waals surface area contributed by atoms with E-state index in [1.807, 2.05) is 0 Å². The van der Waals surface area contributed by atoms with Gasteiger partial charge in [-0.25, -0.2) is 8.42 Å². The average Bonchev–Trinajstić information content (AvgIpc) is 2.74. The summed E-state index contributed by atoms with van der Waals surface area (Å²) in [5, 5.41) is 3.63. The summed E-state index contributed by atoms with van der Waals surface area (Å²) in [6.45, 7) is 1.69. The van der Waals surface area contributed by atoms with Gasteiger partial charge in [0, 0.05) is 17.3 Å². The molecule has 0 saturated carbocycles. The van der Waals surface area contributed by atoms with Gasteiger partial charge in [0.05, 0.1) is 0 Å². The summed E-state index contributed by atoms with van der Waals surface area (Å²) in [4.78, 5) is 10.5.